The molecule has 0 aliphatic carbocycles. The molecule has 0 saturated heterocycles. The number of hydrogen-bond donors (Lipinski definition) is 3. The standard InChI is InChI=1S/C21H28FN3O2.HI/c1-3-23-21(24-12-18-10-9-16(2)20(22)11-18)25-13-19(26)15-27-14-17-7-5-4-6-8-17;/h4-11,19,26H,3,12-15H2,1-2H3,(H2,23,24,25);1H. The zero-order valence-electron chi connectivity index (χ0n) is 16.3. The summed E-state index contributed by atoms with van der Waals surface area (Å²) in [4.78, 5) is 4.43. The molecule has 2 aromatic carbocycles. The maximum atomic E-state index is 13.6. The number of aryl methyl sites for hydroxylation is 1. The molecule has 2 rings (SSSR count). The van der Waals surface area contributed by atoms with Gasteiger partial charge in [-0.05, 0) is 36.6 Å². The van der Waals surface area contributed by atoms with Crippen molar-refractivity contribution in [2.75, 3.05) is 19.7 Å². The second kappa shape index (κ2) is 13.5. The van der Waals surface area contributed by atoms with E-state index in [2.05, 4.69) is 15.6 Å². The molecule has 0 fully saturated rings. The second-order valence-corrected chi connectivity index (χ2v) is 6.31. The minimum Gasteiger partial charge on any atom is -0.389 e. The first-order valence-corrected chi connectivity index (χ1v) is 9.15. The smallest absolute Gasteiger partial charge is 0.191 e. The molecule has 7 heteroatoms. The summed E-state index contributed by atoms with van der Waals surface area (Å²) in [5.41, 5.74) is 2.48. The van der Waals surface area contributed by atoms with Crippen LogP contribution in [-0.2, 0) is 17.9 Å². The predicted molar refractivity (Wildman–Crippen MR) is 121 cm³/mol. The number of nitrogens with zero attached hydrogens (tertiary/aromatic N) is 1. The van der Waals surface area contributed by atoms with Gasteiger partial charge < -0.3 is 20.5 Å². The molecule has 28 heavy (non-hydrogen) atoms. The number of hydrogen-bond acceptors (Lipinski definition) is 3. The van der Waals surface area contributed by atoms with Crippen LogP contribution in [-0.4, -0.2) is 36.9 Å². The fraction of sp³-hybridized carbons (Fsp3) is 0.381. The Balaban J connectivity index is 0.00000392. The van der Waals surface area contributed by atoms with Crippen molar-refractivity contribution in [3.8, 4) is 0 Å². The molecular formula is C21H29FIN3O2. The molecule has 0 saturated carbocycles. The molecule has 0 aliphatic heterocycles. The van der Waals surface area contributed by atoms with Crippen molar-refractivity contribution in [3.63, 3.8) is 0 Å². The Hall–Kier alpha value is -1.71. The number of aliphatic imine (C=N–C) groups is 1. The van der Waals surface area contributed by atoms with Crippen LogP contribution in [0.5, 0.6) is 0 Å². The summed E-state index contributed by atoms with van der Waals surface area (Å²) < 4.78 is 19.2. The summed E-state index contributed by atoms with van der Waals surface area (Å²) in [5, 5.41) is 16.3. The van der Waals surface area contributed by atoms with Crippen LogP contribution in [0.25, 0.3) is 0 Å². The molecule has 0 amide bonds. The minimum absolute atomic E-state index is 0. The Morgan fingerprint density at radius 1 is 1.14 bits per heavy atom. The molecule has 0 aromatic heterocycles. The van der Waals surface area contributed by atoms with Crippen molar-refractivity contribution in [2.45, 2.75) is 33.1 Å². The Labute approximate surface area is 183 Å². The third-order valence-corrected chi connectivity index (χ3v) is 3.93. The molecular weight excluding hydrogens is 472 g/mol. The van der Waals surface area contributed by atoms with Gasteiger partial charge in [0.2, 0.25) is 0 Å². The maximum Gasteiger partial charge on any atom is 0.191 e. The number of halogens is 2. The summed E-state index contributed by atoms with van der Waals surface area (Å²) in [7, 11) is 0. The normalized spacial score (nSPS) is 12.2. The summed E-state index contributed by atoms with van der Waals surface area (Å²) >= 11 is 0. The topological polar surface area (TPSA) is 65.9 Å². The van der Waals surface area contributed by atoms with Gasteiger partial charge in [0.15, 0.2) is 5.96 Å². The van der Waals surface area contributed by atoms with Crippen LogP contribution in [0.3, 0.4) is 0 Å². The average Bonchev–Trinajstić information content (AvgIpc) is 2.67. The van der Waals surface area contributed by atoms with Gasteiger partial charge in [-0.2, -0.15) is 0 Å². The van der Waals surface area contributed by atoms with E-state index in [9.17, 15) is 9.50 Å². The van der Waals surface area contributed by atoms with Crippen LogP contribution in [0.1, 0.15) is 23.6 Å². The third-order valence-electron chi connectivity index (χ3n) is 3.93. The highest BCUT2D eigenvalue weighted by molar-refractivity contribution is 14.0. The number of aliphatic hydroxyl groups is 1. The van der Waals surface area contributed by atoms with Crippen LogP contribution >= 0.6 is 24.0 Å². The van der Waals surface area contributed by atoms with Crippen molar-refractivity contribution in [3.05, 3.63) is 71.0 Å². The van der Waals surface area contributed by atoms with Crippen molar-refractivity contribution in [1.82, 2.24) is 10.6 Å². The fourth-order valence-corrected chi connectivity index (χ4v) is 2.41. The monoisotopic (exact) mass is 501 g/mol. The van der Waals surface area contributed by atoms with Gasteiger partial charge in [0.1, 0.15) is 5.82 Å². The lowest BCUT2D eigenvalue weighted by Gasteiger charge is -2.15. The highest BCUT2D eigenvalue weighted by Gasteiger charge is 2.07. The van der Waals surface area contributed by atoms with E-state index in [4.69, 9.17) is 4.74 Å². The van der Waals surface area contributed by atoms with Gasteiger partial charge in [-0.3, -0.25) is 0 Å². The molecule has 1 atom stereocenters. The molecule has 0 bridgehead atoms. The predicted octanol–water partition coefficient (Wildman–Crippen LogP) is 3.38. The number of guanidine groups is 1. The van der Waals surface area contributed by atoms with Gasteiger partial charge >= 0.3 is 0 Å². The lowest BCUT2D eigenvalue weighted by Crippen LogP contribution is -2.42. The first-order chi connectivity index (χ1) is 13.1. The van der Waals surface area contributed by atoms with Gasteiger partial charge in [-0.15, -0.1) is 24.0 Å². The largest absolute Gasteiger partial charge is 0.389 e. The van der Waals surface area contributed by atoms with Crippen LogP contribution in [0, 0.1) is 12.7 Å². The molecule has 2 aromatic rings. The molecule has 0 aliphatic rings. The Morgan fingerprint density at radius 2 is 1.89 bits per heavy atom. The van der Waals surface area contributed by atoms with Crippen LogP contribution in [0.2, 0.25) is 0 Å². The number of nitrogens with one attached hydrogen (secondary N) is 2. The Kier molecular flexibility index (Phi) is 11.7. The number of aliphatic hydroxyl groups excluding tert-OH is 1. The fourth-order valence-electron chi connectivity index (χ4n) is 2.41. The van der Waals surface area contributed by atoms with Crippen LogP contribution in [0.4, 0.5) is 4.39 Å². The van der Waals surface area contributed by atoms with E-state index in [1.54, 1.807) is 13.0 Å². The van der Waals surface area contributed by atoms with Crippen LogP contribution < -0.4 is 10.6 Å². The molecule has 154 valence electrons. The van der Waals surface area contributed by atoms with E-state index in [0.717, 1.165) is 11.1 Å². The SMILES string of the molecule is CCNC(=NCc1ccc(C)c(F)c1)NCC(O)COCc1ccccc1.I. The van der Waals surface area contributed by atoms with E-state index >= 15 is 0 Å². The molecule has 1 unspecified atom stereocenters. The molecule has 0 heterocycles. The van der Waals surface area contributed by atoms with Crippen molar-refractivity contribution >= 4 is 29.9 Å². The highest BCUT2D eigenvalue weighted by Crippen LogP contribution is 2.10. The lowest BCUT2D eigenvalue weighted by atomic mass is 10.1. The van der Waals surface area contributed by atoms with Gasteiger partial charge in [0.05, 0.1) is 25.9 Å². The average molecular weight is 501 g/mol. The quantitative estimate of drug-likeness (QED) is 0.280. The van der Waals surface area contributed by atoms with Crippen molar-refractivity contribution in [1.29, 1.82) is 0 Å². The van der Waals surface area contributed by atoms with E-state index in [0.29, 0.717) is 37.8 Å². The number of rotatable bonds is 9. The zero-order chi connectivity index (χ0) is 19.5. The van der Waals surface area contributed by atoms with Gasteiger partial charge in [0, 0.05) is 13.1 Å². The highest BCUT2D eigenvalue weighted by atomic mass is 127. The van der Waals surface area contributed by atoms with Gasteiger partial charge in [-0.25, -0.2) is 9.38 Å². The number of ether oxygens (including phenoxy) is 1. The van der Waals surface area contributed by atoms with Crippen molar-refractivity contribution < 1.29 is 14.2 Å². The maximum absolute atomic E-state index is 13.6. The molecule has 0 radical (unpaired) electrons. The second-order valence-electron chi connectivity index (χ2n) is 6.31. The summed E-state index contributed by atoms with van der Waals surface area (Å²) in [5.74, 6) is 0.340. The first-order valence-electron chi connectivity index (χ1n) is 9.15. The zero-order valence-corrected chi connectivity index (χ0v) is 18.7. The molecule has 5 nitrogen and oxygen atoms in total. The van der Waals surface area contributed by atoms with Crippen LogP contribution in [0.15, 0.2) is 53.5 Å². The summed E-state index contributed by atoms with van der Waals surface area (Å²) in [6, 6.07) is 14.9. The first kappa shape index (κ1) is 24.3. The van der Waals surface area contributed by atoms with Gasteiger partial charge in [0.25, 0.3) is 0 Å². The summed E-state index contributed by atoms with van der Waals surface area (Å²) in [6.07, 6.45) is -0.658. The summed E-state index contributed by atoms with van der Waals surface area (Å²) in [6.45, 7) is 5.73. The molecule has 0 spiro atoms. The van der Waals surface area contributed by atoms with E-state index in [1.807, 2.05) is 43.3 Å². The third kappa shape index (κ3) is 8.99. The Morgan fingerprint density at radius 3 is 2.57 bits per heavy atom. The van der Waals surface area contributed by atoms with E-state index in [1.165, 1.54) is 6.07 Å². The number of benzene rings is 2. The van der Waals surface area contributed by atoms with Gasteiger partial charge in [-0.1, -0.05) is 42.5 Å². The van der Waals surface area contributed by atoms with E-state index in [-0.39, 0.29) is 36.4 Å². The lowest BCUT2D eigenvalue weighted by molar-refractivity contribution is 0.0308. The van der Waals surface area contributed by atoms with E-state index < -0.39 is 6.10 Å². The molecule has 3 N–H and O–H groups in total. The minimum atomic E-state index is -0.658. The Bertz CT molecular complexity index is 729. The van der Waals surface area contributed by atoms with Crippen molar-refractivity contribution in [2.24, 2.45) is 4.99 Å².